The highest BCUT2D eigenvalue weighted by Gasteiger charge is 2.30. The summed E-state index contributed by atoms with van der Waals surface area (Å²) in [4.78, 5) is 11.0. The van der Waals surface area contributed by atoms with Crippen molar-refractivity contribution in [1.29, 1.82) is 0 Å². The molecule has 2 rings (SSSR count). The van der Waals surface area contributed by atoms with Crippen LogP contribution in [0.5, 0.6) is 0 Å². The summed E-state index contributed by atoms with van der Waals surface area (Å²) < 4.78 is 2.09. The molecule has 1 saturated carbocycles. The van der Waals surface area contributed by atoms with Gasteiger partial charge >= 0.3 is 0 Å². The molecule has 0 saturated heterocycles. The molecule has 1 unspecified atom stereocenters. The van der Waals surface area contributed by atoms with E-state index in [1.54, 1.807) is 6.92 Å². The third kappa shape index (κ3) is 2.21. The Kier molecular flexibility index (Phi) is 3.18. The van der Waals surface area contributed by atoms with Crippen LogP contribution in [0.3, 0.4) is 0 Å². The van der Waals surface area contributed by atoms with E-state index in [2.05, 4.69) is 21.7 Å². The van der Waals surface area contributed by atoms with Gasteiger partial charge in [0.1, 0.15) is 5.82 Å². The maximum atomic E-state index is 11.0. The Morgan fingerprint density at radius 3 is 2.81 bits per heavy atom. The standard InChI is InChI=1S/C10H16N4OS/c1-3-14-9(7-4-5-7)12-13-10(14)16-6(2)8(11)15/h6-7H,3-5H2,1-2H3,(H2,11,15). The van der Waals surface area contributed by atoms with Crippen molar-refractivity contribution in [3.8, 4) is 0 Å². The van der Waals surface area contributed by atoms with Crippen molar-refractivity contribution in [2.75, 3.05) is 0 Å². The average molecular weight is 240 g/mol. The third-order valence-corrected chi connectivity index (χ3v) is 3.79. The van der Waals surface area contributed by atoms with Gasteiger partial charge in [0.05, 0.1) is 5.25 Å². The molecule has 1 aromatic rings. The smallest absolute Gasteiger partial charge is 0.230 e. The largest absolute Gasteiger partial charge is 0.369 e. The maximum absolute atomic E-state index is 11.0. The molecule has 88 valence electrons. The van der Waals surface area contributed by atoms with E-state index in [1.807, 2.05) is 0 Å². The first-order chi connectivity index (χ1) is 7.63. The minimum Gasteiger partial charge on any atom is -0.369 e. The molecule has 5 nitrogen and oxygen atoms in total. The molecule has 1 aromatic heterocycles. The lowest BCUT2D eigenvalue weighted by Crippen LogP contribution is -2.23. The van der Waals surface area contributed by atoms with E-state index in [-0.39, 0.29) is 11.2 Å². The summed E-state index contributed by atoms with van der Waals surface area (Å²) in [6.45, 7) is 4.69. The highest BCUT2D eigenvalue weighted by atomic mass is 32.2. The monoisotopic (exact) mass is 240 g/mol. The zero-order valence-electron chi connectivity index (χ0n) is 9.51. The Hall–Kier alpha value is -1.04. The molecule has 6 heteroatoms. The minimum absolute atomic E-state index is 0.262. The van der Waals surface area contributed by atoms with Gasteiger partial charge in [-0.2, -0.15) is 0 Å². The highest BCUT2D eigenvalue weighted by Crippen LogP contribution is 2.40. The van der Waals surface area contributed by atoms with Gasteiger partial charge in [0.15, 0.2) is 5.16 Å². The molecule has 1 amide bonds. The number of aromatic nitrogens is 3. The van der Waals surface area contributed by atoms with Crippen LogP contribution in [0.15, 0.2) is 5.16 Å². The maximum Gasteiger partial charge on any atom is 0.230 e. The molecule has 0 aromatic carbocycles. The normalized spacial score (nSPS) is 17.4. The number of rotatable bonds is 5. The van der Waals surface area contributed by atoms with Crippen LogP contribution in [-0.2, 0) is 11.3 Å². The molecule has 1 aliphatic carbocycles. The van der Waals surface area contributed by atoms with Crippen LogP contribution in [0.25, 0.3) is 0 Å². The summed E-state index contributed by atoms with van der Waals surface area (Å²) in [5.41, 5.74) is 5.24. The summed E-state index contributed by atoms with van der Waals surface area (Å²) in [5, 5.41) is 8.88. The van der Waals surface area contributed by atoms with Crippen LogP contribution in [0, 0.1) is 0 Å². The van der Waals surface area contributed by atoms with Crippen LogP contribution in [-0.4, -0.2) is 25.9 Å². The average Bonchev–Trinajstić information content (AvgIpc) is 3.01. The number of carbonyl (C=O) groups excluding carboxylic acids is 1. The summed E-state index contributed by atoms with van der Waals surface area (Å²) in [6.07, 6.45) is 2.41. The summed E-state index contributed by atoms with van der Waals surface area (Å²) in [6, 6.07) is 0. The molecule has 0 bridgehead atoms. The second kappa shape index (κ2) is 4.45. The number of hydrogen-bond donors (Lipinski definition) is 1. The van der Waals surface area contributed by atoms with Gasteiger partial charge < -0.3 is 10.3 Å². The Labute approximate surface area is 98.8 Å². The van der Waals surface area contributed by atoms with Crippen LogP contribution >= 0.6 is 11.8 Å². The lowest BCUT2D eigenvalue weighted by atomic mass is 10.4. The molecule has 0 aliphatic heterocycles. The molecule has 16 heavy (non-hydrogen) atoms. The van der Waals surface area contributed by atoms with E-state index in [4.69, 9.17) is 5.73 Å². The fourth-order valence-corrected chi connectivity index (χ4v) is 2.41. The molecule has 0 radical (unpaired) electrons. The highest BCUT2D eigenvalue weighted by molar-refractivity contribution is 8.00. The van der Waals surface area contributed by atoms with Crippen molar-refractivity contribution in [3.63, 3.8) is 0 Å². The zero-order chi connectivity index (χ0) is 11.7. The van der Waals surface area contributed by atoms with Gasteiger partial charge in [-0.05, 0) is 26.7 Å². The van der Waals surface area contributed by atoms with Gasteiger partial charge in [-0.3, -0.25) is 4.79 Å². The van der Waals surface area contributed by atoms with Crippen molar-refractivity contribution in [1.82, 2.24) is 14.8 Å². The first-order valence-corrected chi connectivity index (χ1v) is 6.40. The van der Waals surface area contributed by atoms with E-state index < -0.39 is 0 Å². The molecule has 1 aliphatic rings. The number of carbonyl (C=O) groups is 1. The van der Waals surface area contributed by atoms with Gasteiger partial charge in [0, 0.05) is 12.5 Å². The molecular weight excluding hydrogens is 224 g/mol. The fraction of sp³-hybridized carbons (Fsp3) is 0.700. The topological polar surface area (TPSA) is 73.8 Å². The second-order valence-electron chi connectivity index (χ2n) is 4.02. The predicted molar refractivity (Wildman–Crippen MR) is 62.2 cm³/mol. The van der Waals surface area contributed by atoms with Crippen molar-refractivity contribution >= 4 is 17.7 Å². The number of nitrogens with two attached hydrogens (primary N) is 1. The van der Waals surface area contributed by atoms with Crippen molar-refractivity contribution in [3.05, 3.63) is 5.82 Å². The predicted octanol–water partition coefficient (Wildman–Crippen LogP) is 1.14. The van der Waals surface area contributed by atoms with Gasteiger partial charge in [-0.25, -0.2) is 0 Å². The first-order valence-electron chi connectivity index (χ1n) is 5.52. The lowest BCUT2D eigenvalue weighted by Gasteiger charge is -2.08. The van der Waals surface area contributed by atoms with Crippen molar-refractivity contribution in [2.45, 2.75) is 49.6 Å². The molecule has 1 fully saturated rings. The van der Waals surface area contributed by atoms with E-state index in [0.29, 0.717) is 5.92 Å². The van der Waals surface area contributed by atoms with Crippen LogP contribution in [0.1, 0.15) is 38.4 Å². The second-order valence-corrected chi connectivity index (χ2v) is 5.33. The Morgan fingerprint density at radius 1 is 1.62 bits per heavy atom. The summed E-state index contributed by atoms with van der Waals surface area (Å²) in [5.74, 6) is 1.32. The zero-order valence-corrected chi connectivity index (χ0v) is 10.3. The SMILES string of the molecule is CCn1c(SC(C)C(N)=O)nnc1C1CC1. The van der Waals surface area contributed by atoms with Crippen molar-refractivity contribution in [2.24, 2.45) is 5.73 Å². The van der Waals surface area contributed by atoms with Gasteiger partial charge in [0.25, 0.3) is 0 Å². The number of hydrogen-bond acceptors (Lipinski definition) is 4. The van der Waals surface area contributed by atoms with E-state index in [0.717, 1.165) is 17.5 Å². The third-order valence-electron chi connectivity index (χ3n) is 2.69. The molecule has 1 heterocycles. The fourth-order valence-electron chi connectivity index (χ4n) is 1.54. The molecule has 0 spiro atoms. The van der Waals surface area contributed by atoms with Crippen molar-refractivity contribution < 1.29 is 4.79 Å². The van der Waals surface area contributed by atoms with E-state index in [1.165, 1.54) is 24.6 Å². The number of primary amides is 1. The Morgan fingerprint density at radius 2 is 2.31 bits per heavy atom. The summed E-state index contributed by atoms with van der Waals surface area (Å²) >= 11 is 1.38. The Bertz CT molecular complexity index is 400. The number of nitrogens with zero attached hydrogens (tertiary/aromatic N) is 3. The van der Waals surface area contributed by atoms with E-state index in [9.17, 15) is 4.79 Å². The van der Waals surface area contributed by atoms with Gasteiger partial charge in [-0.1, -0.05) is 11.8 Å². The molecular formula is C10H16N4OS. The molecule has 1 atom stereocenters. The summed E-state index contributed by atoms with van der Waals surface area (Å²) in [7, 11) is 0. The minimum atomic E-state index is -0.316. The van der Waals surface area contributed by atoms with Gasteiger partial charge in [0.2, 0.25) is 5.91 Å². The first kappa shape index (κ1) is 11.4. The van der Waals surface area contributed by atoms with Crippen LogP contribution in [0.4, 0.5) is 0 Å². The van der Waals surface area contributed by atoms with Crippen LogP contribution in [0.2, 0.25) is 0 Å². The number of thioether (sulfide) groups is 1. The molecule has 2 N–H and O–H groups in total. The number of amides is 1. The van der Waals surface area contributed by atoms with Gasteiger partial charge in [-0.15, -0.1) is 10.2 Å². The van der Waals surface area contributed by atoms with E-state index >= 15 is 0 Å². The Balaban J connectivity index is 2.17. The lowest BCUT2D eigenvalue weighted by molar-refractivity contribution is -0.117. The quantitative estimate of drug-likeness (QED) is 0.783. The van der Waals surface area contributed by atoms with Crippen LogP contribution < -0.4 is 5.73 Å².